The molecule has 116 valence electrons. The number of anilines is 1. The van der Waals surface area contributed by atoms with Gasteiger partial charge in [0.25, 0.3) is 0 Å². The molecule has 0 bridgehead atoms. The van der Waals surface area contributed by atoms with Crippen molar-refractivity contribution in [2.45, 2.75) is 12.8 Å². The Kier molecular flexibility index (Phi) is 3.22. The summed E-state index contributed by atoms with van der Waals surface area (Å²) in [5.41, 5.74) is 2.82. The van der Waals surface area contributed by atoms with E-state index >= 15 is 0 Å². The van der Waals surface area contributed by atoms with Crippen LogP contribution in [0.2, 0.25) is 0 Å². The van der Waals surface area contributed by atoms with Crippen LogP contribution in [0.25, 0.3) is 17.2 Å². The maximum Gasteiger partial charge on any atom is 0.187 e. The fraction of sp³-hybridized carbons (Fsp3) is 0.235. The van der Waals surface area contributed by atoms with Crippen LogP contribution in [0.4, 0.5) is 5.69 Å². The molecule has 0 fully saturated rings. The number of aromatic nitrogens is 4. The molecule has 0 spiro atoms. The minimum atomic E-state index is 0.235. The summed E-state index contributed by atoms with van der Waals surface area (Å²) in [6, 6.07) is 11.8. The summed E-state index contributed by atoms with van der Waals surface area (Å²) >= 11 is 0. The van der Waals surface area contributed by atoms with Crippen molar-refractivity contribution in [2.75, 3.05) is 19.0 Å². The standard InChI is InChI=1S/C17H17N5O/c1-11-10-19-14-9-12(23-2)6-7-15(14)22-16(11)20-21-17(22)13-5-3-4-8-18-13/h3-9,11,19H,10H2,1-2H3. The number of pyridine rings is 1. The summed E-state index contributed by atoms with van der Waals surface area (Å²) in [6.07, 6.45) is 1.77. The van der Waals surface area contributed by atoms with Crippen LogP contribution in [0.3, 0.4) is 0 Å². The van der Waals surface area contributed by atoms with E-state index in [0.29, 0.717) is 0 Å². The lowest BCUT2D eigenvalue weighted by molar-refractivity contribution is 0.415. The number of hydrogen-bond acceptors (Lipinski definition) is 5. The molecule has 0 saturated heterocycles. The third-order valence-electron chi connectivity index (χ3n) is 4.07. The molecule has 1 aliphatic rings. The maximum atomic E-state index is 5.34. The molecule has 4 rings (SSSR count). The van der Waals surface area contributed by atoms with Crippen molar-refractivity contribution in [3.05, 3.63) is 48.4 Å². The molecule has 6 heteroatoms. The summed E-state index contributed by atoms with van der Waals surface area (Å²) in [7, 11) is 1.67. The molecule has 3 heterocycles. The second-order valence-corrected chi connectivity index (χ2v) is 5.60. The number of nitrogens with one attached hydrogen (secondary N) is 1. The lowest BCUT2D eigenvalue weighted by Crippen LogP contribution is -2.09. The van der Waals surface area contributed by atoms with E-state index in [1.807, 2.05) is 36.4 Å². The van der Waals surface area contributed by atoms with Crippen molar-refractivity contribution in [3.8, 4) is 23.0 Å². The van der Waals surface area contributed by atoms with Gasteiger partial charge in [0.05, 0.1) is 18.5 Å². The smallest absolute Gasteiger partial charge is 0.187 e. The Labute approximate surface area is 134 Å². The van der Waals surface area contributed by atoms with Crippen LogP contribution >= 0.6 is 0 Å². The van der Waals surface area contributed by atoms with Gasteiger partial charge in [-0.3, -0.25) is 9.55 Å². The molecule has 1 aromatic carbocycles. The maximum absolute atomic E-state index is 5.34. The Morgan fingerprint density at radius 2 is 2.13 bits per heavy atom. The van der Waals surface area contributed by atoms with Gasteiger partial charge in [0.2, 0.25) is 0 Å². The second-order valence-electron chi connectivity index (χ2n) is 5.60. The van der Waals surface area contributed by atoms with E-state index in [0.717, 1.165) is 41.0 Å². The highest BCUT2D eigenvalue weighted by molar-refractivity contribution is 5.68. The van der Waals surface area contributed by atoms with E-state index in [1.165, 1.54) is 0 Å². The molecule has 1 unspecified atom stereocenters. The number of hydrogen-bond donors (Lipinski definition) is 1. The zero-order chi connectivity index (χ0) is 15.8. The first-order valence-corrected chi connectivity index (χ1v) is 7.57. The number of benzene rings is 1. The lowest BCUT2D eigenvalue weighted by atomic mass is 10.1. The summed E-state index contributed by atoms with van der Waals surface area (Å²) in [5.74, 6) is 2.74. The Morgan fingerprint density at radius 1 is 1.22 bits per heavy atom. The molecule has 1 atom stereocenters. The molecule has 0 saturated carbocycles. The first-order chi connectivity index (χ1) is 11.3. The number of rotatable bonds is 2. The van der Waals surface area contributed by atoms with E-state index in [1.54, 1.807) is 13.3 Å². The second kappa shape index (κ2) is 5.39. The predicted molar refractivity (Wildman–Crippen MR) is 88.0 cm³/mol. The number of nitrogens with zero attached hydrogens (tertiary/aromatic N) is 4. The Bertz CT molecular complexity index is 843. The van der Waals surface area contributed by atoms with Crippen molar-refractivity contribution < 1.29 is 4.74 Å². The van der Waals surface area contributed by atoms with E-state index in [-0.39, 0.29) is 5.92 Å². The molecule has 3 aromatic rings. The summed E-state index contributed by atoms with van der Waals surface area (Å²) in [5, 5.41) is 12.3. The van der Waals surface area contributed by atoms with Crippen LogP contribution in [-0.4, -0.2) is 33.4 Å². The number of ether oxygens (including phenoxy) is 1. The first-order valence-electron chi connectivity index (χ1n) is 7.57. The van der Waals surface area contributed by atoms with Gasteiger partial charge in [0.15, 0.2) is 5.82 Å². The van der Waals surface area contributed by atoms with Crippen molar-refractivity contribution in [1.82, 2.24) is 19.7 Å². The number of methoxy groups -OCH3 is 1. The van der Waals surface area contributed by atoms with Crippen molar-refractivity contribution in [1.29, 1.82) is 0 Å². The average molecular weight is 307 g/mol. The quantitative estimate of drug-likeness (QED) is 0.788. The highest BCUT2D eigenvalue weighted by Gasteiger charge is 2.25. The van der Waals surface area contributed by atoms with Gasteiger partial charge in [0, 0.05) is 24.7 Å². The SMILES string of the molecule is COc1ccc2c(c1)NCC(C)c1nnc(-c3ccccn3)n1-2. The molecule has 23 heavy (non-hydrogen) atoms. The molecular formula is C17H17N5O. The van der Waals surface area contributed by atoms with Crippen LogP contribution in [0.5, 0.6) is 5.75 Å². The van der Waals surface area contributed by atoms with Crippen LogP contribution in [0.15, 0.2) is 42.6 Å². The van der Waals surface area contributed by atoms with Gasteiger partial charge in [-0.1, -0.05) is 13.0 Å². The van der Waals surface area contributed by atoms with Crippen LogP contribution in [0.1, 0.15) is 18.7 Å². The van der Waals surface area contributed by atoms with E-state index in [4.69, 9.17) is 4.74 Å². The van der Waals surface area contributed by atoms with Crippen molar-refractivity contribution >= 4 is 5.69 Å². The topological polar surface area (TPSA) is 64.9 Å². The molecule has 1 aliphatic heterocycles. The summed E-state index contributed by atoms with van der Waals surface area (Å²) < 4.78 is 7.42. The molecule has 0 aliphatic carbocycles. The van der Waals surface area contributed by atoms with Gasteiger partial charge in [-0.05, 0) is 24.3 Å². The zero-order valence-corrected chi connectivity index (χ0v) is 13.0. The van der Waals surface area contributed by atoms with Crippen molar-refractivity contribution in [2.24, 2.45) is 0 Å². The van der Waals surface area contributed by atoms with Gasteiger partial charge in [-0.25, -0.2) is 0 Å². The molecule has 0 amide bonds. The van der Waals surface area contributed by atoms with E-state index < -0.39 is 0 Å². The largest absolute Gasteiger partial charge is 0.497 e. The van der Waals surface area contributed by atoms with Gasteiger partial charge in [0.1, 0.15) is 17.3 Å². The molecule has 2 aromatic heterocycles. The minimum absolute atomic E-state index is 0.235. The van der Waals surface area contributed by atoms with Gasteiger partial charge in [-0.2, -0.15) is 0 Å². The summed E-state index contributed by atoms with van der Waals surface area (Å²) in [4.78, 5) is 4.42. The lowest BCUT2D eigenvalue weighted by Gasteiger charge is -2.13. The highest BCUT2D eigenvalue weighted by atomic mass is 16.5. The number of fused-ring (bicyclic) bond motifs is 3. The Hall–Kier alpha value is -2.89. The van der Waals surface area contributed by atoms with Crippen LogP contribution in [0, 0.1) is 0 Å². The Morgan fingerprint density at radius 3 is 2.91 bits per heavy atom. The molecule has 0 radical (unpaired) electrons. The Balaban J connectivity index is 1.96. The average Bonchev–Trinajstić information content (AvgIpc) is 2.99. The molecular weight excluding hydrogens is 290 g/mol. The minimum Gasteiger partial charge on any atom is -0.497 e. The van der Waals surface area contributed by atoms with Crippen LogP contribution in [-0.2, 0) is 0 Å². The fourth-order valence-corrected chi connectivity index (χ4v) is 2.85. The normalized spacial score (nSPS) is 16.0. The fourth-order valence-electron chi connectivity index (χ4n) is 2.85. The molecule has 6 nitrogen and oxygen atoms in total. The predicted octanol–water partition coefficient (Wildman–Crippen LogP) is 2.87. The third-order valence-corrected chi connectivity index (χ3v) is 4.07. The monoisotopic (exact) mass is 307 g/mol. The van der Waals surface area contributed by atoms with Crippen molar-refractivity contribution in [3.63, 3.8) is 0 Å². The van der Waals surface area contributed by atoms with Crippen LogP contribution < -0.4 is 10.1 Å². The van der Waals surface area contributed by atoms with E-state index in [9.17, 15) is 0 Å². The summed E-state index contributed by atoms with van der Waals surface area (Å²) in [6.45, 7) is 2.93. The van der Waals surface area contributed by atoms with Gasteiger partial charge in [-0.15, -0.1) is 10.2 Å². The van der Waals surface area contributed by atoms with E-state index in [2.05, 4.69) is 32.0 Å². The zero-order valence-electron chi connectivity index (χ0n) is 13.0. The third kappa shape index (κ3) is 2.23. The first kappa shape index (κ1) is 13.8. The molecule has 1 N–H and O–H groups in total. The van der Waals surface area contributed by atoms with Gasteiger partial charge >= 0.3 is 0 Å². The highest BCUT2D eigenvalue weighted by Crippen LogP contribution is 2.34. The van der Waals surface area contributed by atoms with Gasteiger partial charge < -0.3 is 10.1 Å².